The maximum absolute atomic E-state index is 12.1. The lowest BCUT2D eigenvalue weighted by Gasteiger charge is -2.32. The van der Waals surface area contributed by atoms with Crippen molar-refractivity contribution in [2.24, 2.45) is 0 Å². The lowest BCUT2D eigenvalue weighted by Crippen LogP contribution is -2.42. The minimum absolute atomic E-state index is 0.0768. The van der Waals surface area contributed by atoms with E-state index >= 15 is 0 Å². The summed E-state index contributed by atoms with van der Waals surface area (Å²) in [6, 6.07) is 6.29. The summed E-state index contributed by atoms with van der Waals surface area (Å²) >= 11 is 0. The average molecular weight is 263 g/mol. The van der Waals surface area contributed by atoms with Crippen molar-refractivity contribution in [2.45, 2.75) is 46.6 Å². The monoisotopic (exact) mass is 263 g/mol. The van der Waals surface area contributed by atoms with E-state index in [1.807, 2.05) is 11.0 Å². The number of methoxy groups -OCH3 is 1. The normalized spacial score (nSPS) is 12.3. The maximum Gasteiger partial charge on any atom is 0.224 e. The van der Waals surface area contributed by atoms with Crippen molar-refractivity contribution in [2.75, 3.05) is 18.6 Å². The fraction of sp³-hybridized carbons (Fsp3) is 0.562. The molecule has 3 heteroatoms. The Bertz CT molecular complexity index is 429. The van der Waals surface area contributed by atoms with Crippen LogP contribution in [0, 0.1) is 6.92 Å². The van der Waals surface area contributed by atoms with E-state index in [9.17, 15) is 4.79 Å². The van der Waals surface area contributed by atoms with Crippen LogP contribution in [0.25, 0.3) is 0 Å². The van der Waals surface area contributed by atoms with Gasteiger partial charge in [0.05, 0.1) is 18.3 Å². The Balaban J connectivity index is 3.29. The van der Waals surface area contributed by atoms with Crippen molar-refractivity contribution < 1.29 is 9.53 Å². The molecule has 1 amide bonds. The van der Waals surface area contributed by atoms with Gasteiger partial charge in [0.25, 0.3) is 0 Å². The number of aryl methyl sites for hydroxylation is 2. The molecule has 0 spiro atoms. The largest absolute Gasteiger partial charge is 0.383 e. The van der Waals surface area contributed by atoms with E-state index in [2.05, 4.69) is 32.9 Å². The van der Waals surface area contributed by atoms with Gasteiger partial charge in [-0.05, 0) is 30.9 Å². The van der Waals surface area contributed by atoms with Crippen LogP contribution in [0.4, 0.5) is 5.69 Å². The summed E-state index contributed by atoms with van der Waals surface area (Å²) in [7, 11) is 1.68. The summed E-state index contributed by atoms with van der Waals surface area (Å²) < 4.78 is 5.27. The number of benzene rings is 1. The predicted octanol–water partition coefficient (Wildman–Crippen LogP) is 3.34. The van der Waals surface area contributed by atoms with Gasteiger partial charge in [-0.2, -0.15) is 0 Å². The predicted molar refractivity (Wildman–Crippen MR) is 79.7 cm³/mol. The maximum atomic E-state index is 12.1. The molecule has 0 bridgehead atoms. The summed E-state index contributed by atoms with van der Waals surface area (Å²) in [5.41, 5.74) is 3.41. The minimum Gasteiger partial charge on any atom is -0.383 e. The van der Waals surface area contributed by atoms with E-state index in [-0.39, 0.29) is 11.9 Å². The molecule has 1 unspecified atom stereocenters. The summed E-state index contributed by atoms with van der Waals surface area (Å²) in [4.78, 5) is 14.0. The molecule has 1 aromatic rings. The zero-order valence-electron chi connectivity index (χ0n) is 12.7. The second kappa shape index (κ2) is 7.29. The number of rotatable bonds is 6. The first-order chi connectivity index (χ1) is 9.06. The molecule has 1 atom stereocenters. The Morgan fingerprint density at radius 1 is 1.37 bits per heavy atom. The molecule has 0 saturated heterocycles. The Hall–Kier alpha value is -1.35. The second-order valence-electron chi connectivity index (χ2n) is 4.84. The molecule has 0 heterocycles. The molecule has 19 heavy (non-hydrogen) atoms. The molecule has 0 radical (unpaired) electrons. The molecule has 0 aliphatic carbocycles. The molecule has 0 aliphatic rings. The summed E-state index contributed by atoms with van der Waals surface area (Å²) in [5, 5.41) is 0. The van der Waals surface area contributed by atoms with Crippen molar-refractivity contribution >= 4 is 11.6 Å². The van der Waals surface area contributed by atoms with Crippen molar-refractivity contribution in [1.82, 2.24) is 0 Å². The quantitative estimate of drug-likeness (QED) is 0.788. The van der Waals surface area contributed by atoms with E-state index in [4.69, 9.17) is 4.74 Å². The van der Waals surface area contributed by atoms with E-state index < -0.39 is 0 Å². The zero-order valence-corrected chi connectivity index (χ0v) is 12.7. The summed E-state index contributed by atoms with van der Waals surface area (Å²) in [6.07, 6.45) is 1.80. The van der Waals surface area contributed by atoms with Crippen LogP contribution < -0.4 is 4.90 Å². The topological polar surface area (TPSA) is 29.5 Å². The van der Waals surface area contributed by atoms with Gasteiger partial charge in [0.2, 0.25) is 5.91 Å². The smallest absolute Gasteiger partial charge is 0.224 e. The van der Waals surface area contributed by atoms with Crippen LogP contribution in [0.5, 0.6) is 0 Å². The number of ether oxygens (including phenoxy) is 1. The van der Waals surface area contributed by atoms with Crippen LogP contribution in [0.3, 0.4) is 0 Å². The van der Waals surface area contributed by atoms with E-state index in [1.54, 1.807) is 14.0 Å². The highest BCUT2D eigenvalue weighted by Gasteiger charge is 2.24. The molecule has 106 valence electrons. The fourth-order valence-electron chi connectivity index (χ4n) is 2.51. The van der Waals surface area contributed by atoms with Gasteiger partial charge in [0.15, 0.2) is 0 Å². The van der Waals surface area contributed by atoms with Gasteiger partial charge in [-0.25, -0.2) is 0 Å². The molecule has 0 saturated carbocycles. The van der Waals surface area contributed by atoms with Gasteiger partial charge < -0.3 is 9.64 Å². The Labute approximate surface area is 116 Å². The van der Waals surface area contributed by atoms with E-state index in [0.29, 0.717) is 6.61 Å². The van der Waals surface area contributed by atoms with Gasteiger partial charge in [-0.1, -0.05) is 32.0 Å². The highest BCUT2D eigenvalue weighted by atomic mass is 16.5. The summed E-state index contributed by atoms with van der Waals surface area (Å²) in [6.45, 7) is 8.46. The highest BCUT2D eigenvalue weighted by molar-refractivity contribution is 5.94. The third-order valence-electron chi connectivity index (χ3n) is 3.48. The third kappa shape index (κ3) is 3.57. The van der Waals surface area contributed by atoms with Crippen LogP contribution in [0.1, 0.15) is 38.3 Å². The first kappa shape index (κ1) is 15.7. The number of nitrogens with zero attached hydrogens (tertiary/aromatic N) is 1. The Morgan fingerprint density at radius 3 is 2.53 bits per heavy atom. The van der Waals surface area contributed by atoms with Crippen molar-refractivity contribution in [1.29, 1.82) is 0 Å². The highest BCUT2D eigenvalue weighted by Crippen LogP contribution is 2.28. The number of hydrogen-bond acceptors (Lipinski definition) is 2. The van der Waals surface area contributed by atoms with Gasteiger partial charge in [0.1, 0.15) is 0 Å². The van der Waals surface area contributed by atoms with Gasteiger partial charge >= 0.3 is 0 Å². The van der Waals surface area contributed by atoms with Crippen LogP contribution >= 0.6 is 0 Å². The Morgan fingerprint density at radius 2 is 2.05 bits per heavy atom. The SMILES string of the molecule is CCc1cccc(C)c1N(C(C)=O)C(CC)COC. The fourth-order valence-corrected chi connectivity index (χ4v) is 2.51. The molecular formula is C16H25NO2. The minimum atomic E-state index is 0.0768. The van der Waals surface area contributed by atoms with Crippen molar-refractivity contribution in [3.05, 3.63) is 29.3 Å². The molecular weight excluding hydrogens is 238 g/mol. The molecule has 1 rings (SSSR count). The number of para-hydroxylation sites is 1. The van der Waals surface area contributed by atoms with Crippen LogP contribution in [-0.4, -0.2) is 25.7 Å². The van der Waals surface area contributed by atoms with Crippen LogP contribution in [0.15, 0.2) is 18.2 Å². The molecule has 0 aromatic heterocycles. The van der Waals surface area contributed by atoms with Gasteiger partial charge in [-0.3, -0.25) is 4.79 Å². The first-order valence-electron chi connectivity index (χ1n) is 6.93. The second-order valence-corrected chi connectivity index (χ2v) is 4.84. The zero-order chi connectivity index (χ0) is 14.4. The molecule has 0 fully saturated rings. The standard InChI is InChI=1S/C16H25NO2/c1-6-14-10-8-9-12(3)16(14)17(13(4)18)15(7-2)11-19-5/h8-10,15H,6-7,11H2,1-5H3. The lowest BCUT2D eigenvalue weighted by molar-refractivity contribution is -0.117. The lowest BCUT2D eigenvalue weighted by atomic mass is 10.0. The number of hydrogen-bond donors (Lipinski definition) is 0. The first-order valence-corrected chi connectivity index (χ1v) is 6.93. The number of carbonyl (C=O) groups is 1. The van der Waals surface area contributed by atoms with Gasteiger partial charge in [0, 0.05) is 14.0 Å². The average Bonchev–Trinajstić information content (AvgIpc) is 2.39. The van der Waals surface area contributed by atoms with Gasteiger partial charge in [-0.15, -0.1) is 0 Å². The number of carbonyl (C=O) groups excluding carboxylic acids is 1. The molecule has 1 aromatic carbocycles. The Kier molecular flexibility index (Phi) is 6.03. The summed E-state index contributed by atoms with van der Waals surface area (Å²) in [5.74, 6) is 0.0768. The number of anilines is 1. The molecule has 0 N–H and O–H groups in total. The van der Waals surface area contributed by atoms with E-state index in [1.165, 1.54) is 5.56 Å². The van der Waals surface area contributed by atoms with Crippen molar-refractivity contribution in [3.8, 4) is 0 Å². The van der Waals surface area contributed by atoms with Crippen molar-refractivity contribution in [3.63, 3.8) is 0 Å². The molecule has 0 aliphatic heterocycles. The molecule has 3 nitrogen and oxygen atoms in total. The number of amides is 1. The van der Waals surface area contributed by atoms with E-state index in [0.717, 1.165) is 24.1 Å². The van der Waals surface area contributed by atoms with Crippen LogP contribution in [0.2, 0.25) is 0 Å². The third-order valence-corrected chi connectivity index (χ3v) is 3.48. The van der Waals surface area contributed by atoms with Crippen LogP contribution in [-0.2, 0) is 16.0 Å².